The van der Waals surface area contributed by atoms with Gasteiger partial charge in [0.15, 0.2) is 6.61 Å². The van der Waals surface area contributed by atoms with Crippen LogP contribution < -0.4 is 20.1 Å². The minimum absolute atomic E-state index is 0.119. The highest BCUT2D eigenvalue weighted by Gasteiger charge is 2.28. The zero-order valence-corrected chi connectivity index (χ0v) is 17.5. The Morgan fingerprint density at radius 2 is 1.87 bits per heavy atom. The quantitative estimate of drug-likeness (QED) is 0.413. The van der Waals surface area contributed by atoms with Gasteiger partial charge in [0.1, 0.15) is 6.26 Å². The lowest BCUT2D eigenvalue weighted by atomic mass is 10.1. The molecule has 12 heteroatoms. The van der Waals surface area contributed by atoms with Crippen LogP contribution in [0.3, 0.4) is 0 Å². The average molecular weight is 458 g/mol. The van der Waals surface area contributed by atoms with E-state index in [0.29, 0.717) is 29.1 Å². The van der Waals surface area contributed by atoms with Crippen LogP contribution in [0.5, 0.6) is 5.88 Å². The van der Waals surface area contributed by atoms with Crippen LogP contribution in [-0.4, -0.2) is 46.9 Å². The van der Waals surface area contributed by atoms with Crippen LogP contribution >= 0.6 is 0 Å². The summed E-state index contributed by atoms with van der Waals surface area (Å²) in [6, 6.07) is 9.26. The van der Waals surface area contributed by atoms with Crippen molar-refractivity contribution in [2.45, 2.75) is 19.5 Å². The Kier molecular flexibility index (Phi) is 8.51. The monoisotopic (exact) mass is 458 g/mol. The van der Waals surface area contributed by atoms with Crippen molar-refractivity contribution in [2.24, 2.45) is 0 Å². The third kappa shape index (κ3) is 8.72. The molecule has 0 radical (unpaired) electrons. The van der Waals surface area contributed by atoms with Gasteiger partial charge in [-0.1, -0.05) is 12.1 Å². The molecule has 8 nitrogen and oxygen atoms in total. The molecular formula is C19H21F3N4O4S. The molecule has 2 rings (SSSR count). The number of nitrogens with one attached hydrogen (secondary N) is 3. The maximum absolute atomic E-state index is 12.2. The lowest BCUT2D eigenvalue weighted by Crippen LogP contribution is -2.36. The first-order valence-corrected chi connectivity index (χ1v) is 10.5. The average Bonchev–Trinajstić information content (AvgIpc) is 2.67. The standard InChI is InChI=1S/C19H21F3N4O4S/c1-12-13(6-7-16(24-12)30-11-19(20,21)22)8-9-23-17(27)18(28)25-14-4-3-5-15(10-14)26-31(2)29/h3-7,10,26H,8-9,11H2,1-2H3,(H,23,27)(H,25,28). The fourth-order valence-corrected chi connectivity index (χ4v) is 2.93. The number of anilines is 2. The summed E-state index contributed by atoms with van der Waals surface area (Å²) >= 11 is -1.28. The van der Waals surface area contributed by atoms with E-state index in [2.05, 4.69) is 25.1 Å². The van der Waals surface area contributed by atoms with Crippen molar-refractivity contribution in [2.75, 3.05) is 29.4 Å². The predicted octanol–water partition coefficient (Wildman–Crippen LogP) is 2.33. The van der Waals surface area contributed by atoms with Crippen LogP contribution in [0.15, 0.2) is 36.4 Å². The van der Waals surface area contributed by atoms with E-state index in [0.717, 1.165) is 0 Å². The summed E-state index contributed by atoms with van der Waals surface area (Å²) in [6.07, 6.45) is -2.68. The van der Waals surface area contributed by atoms with Crippen molar-refractivity contribution >= 4 is 34.6 Å². The van der Waals surface area contributed by atoms with Gasteiger partial charge in [-0.2, -0.15) is 13.2 Å². The smallest absolute Gasteiger partial charge is 0.422 e. The van der Waals surface area contributed by atoms with Crippen LogP contribution in [0, 0.1) is 6.92 Å². The summed E-state index contributed by atoms with van der Waals surface area (Å²) in [5.41, 5.74) is 2.01. The van der Waals surface area contributed by atoms with Crippen LogP contribution in [0.25, 0.3) is 0 Å². The van der Waals surface area contributed by atoms with Gasteiger partial charge in [-0.25, -0.2) is 9.71 Å². The van der Waals surface area contributed by atoms with E-state index in [1.54, 1.807) is 31.2 Å². The highest BCUT2D eigenvalue weighted by Crippen LogP contribution is 2.19. The molecular weight excluding hydrogens is 437 g/mol. The third-order valence-corrected chi connectivity index (χ3v) is 4.34. The van der Waals surface area contributed by atoms with Crippen LogP contribution in [0.4, 0.5) is 24.5 Å². The van der Waals surface area contributed by atoms with Gasteiger partial charge in [0.05, 0.1) is 17.0 Å². The normalized spacial score (nSPS) is 12.1. The molecule has 0 aliphatic heterocycles. The van der Waals surface area contributed by atoms with Crippen molar-refractivity contribution < 1.29 is 32.0 Å². The van der Waals surface area contributed by atoms with E-state index in [-0.39, 0.29) is 12.4 Å². The number of pyridine rings is 1. The first-order chi connectivity index (χ1) is 14.5. The first-order valence-electron chi connectivity index (χ1n) is 8.99. The number of halogens is 3. The Balaban J connectivity index is 1.82. The van der Waals surface area contributed by atoms with E-state index in [1.165, 1.54) is 18.4 Å². The van der Waals surface area contributed by atoms with Gasteiger partial charge in [0.25, 0.3) is 0 Å². The number of rotatable bonds is 8. The van der Waals surface area contributed by atoms with Crippen LogP contribution in [0.2, 0.25) is 0 Å². The number of amides is 2. The molecule has 1 unspecified atom stereocenters. The second kappa shape index (κ2) is 10.9. The second-order valence-corrected chi connectivity index (χ2v) is 7.51. The van der Waals surface area contributed by atoms with Gasteiger partial charge < -0.3 is 19.9 Å². The molecule has 0 bridgehead atoms. The maximum Gasteiger partial charge on any atom is 0.422 e. The minimum atomic E-state index is -4.45. The Labute approximate surface area is 179 Å². The number of alkyl halides is 3. The zero-order valence-electron chi connectivity index (χ0n) is 16.7. The minimum Gasteiger partial charge on any atom is -0.593 e. The fourth-order valence-electron chi connectivity index (χ4n) is 2.47. The highest BCUT2D eigenvalue weighted by atomic mass is 32.2. The summed E-state index contributed by atoms with van der Waals surface area (Å²) in [6.45, 7) is 0.293. The molecule has 0 spiro atoms. The fraction of sp³-hybridized carbons (Fsp3) is 0.316. The number of aryl methyl sites for hydroxylation is 1. The zero-order chi connectivity index (χ0) is 23.0. The van der Waals surface area contributed by atoms with Crippen molar-refractivity contribution in [3.8, 4) is 5.88 Å². The van der Waals surface area contributed by atoms with Gasteiger partial charge >= 0.3 is 18.0 Å². The largest absolute Gasteiger partial charge is 0.593 e. The number of hydrogen-bond donors (Lipinski definition) is 3. The Morgan fingerprint density at radius 3 is 2.52 bits per heavy atom. The summed E-state index contributed by atoms with van der Waals surface area (Å²) in [5, 5.41) is 4.90. The summed E-state index contributed by atoms with van der Waals surface area (Å²) in [7, 11) is 0. The highest BCUT2D eigenvalue weighted by molar-refractivity contribution is 7.92. The Bertz CT molecular complexity index is 925. The summed E-state index contributed by atoms with van der Waals surface area (Å²) in [4.78, 5) is 28.0. The summed E-state index contributed by atoms with van der Waals surface area (Å²) < 4.78 is 55.0. The molecule has 3 N–H and O–H groups in total. The predicted molar refractivity (Wildman–Crippen MR) is 110 cm³/mol. The molecule has 0 saturated heterocycles. The first kappa shape index (κ1) is 24.3. The molecule has 0 aliphatic rings. The van der Waals surface area contributed by atoms with E-state index in [1.807, 2.05) is 0 Å². The van der Waals surface area contributed by atoms with Crippen LogP contribution in [0.1, 0.15) is 11.3 Å². The Hall–Kier alpha value is -2.99. The molecule has 2 amide bonds. The van der Waals surface area contributed by atoms with E-state index >= 15 is 0 Å². The van der Waals surface area contributed by atoms with E-state index in [4.69, 9.17) is 0 Å². The number of ether oxygens (including phenoxy) is 1. The van der Waals surface area contributed by atoms with Crippen LogP contribution in [-0.2, 0) is 27.4 Å². The molecule has 0 aliphatic carbocycles. The van der Waals surface area contributed by atoms with E-state index < -0.39 is 36.0 Å². The van der Waals surface area contributed by atoms with Gasteiger partial charge in [0.2, 0.25) is 5.88 Å². The number of hydrogen-bond acceptors (Lipinski definition) is 6. The molecule has 0 saturated carbocycles. The number of nitrogens with zero attached hydrogens (tertiary/aromatic N) is 1. The lowest BCUT2D eigenvalue weighted by Gasteiger charge is -2.11. The second-order valence-electron chi connectivity index (χ2n) is 6.39. The molecule has 1 heterocycles. The van der Waals surface area contributed by atoms with Gasteiger partial charge in [0, 0.05) is 24.0 Å². The Morgan fingerprint density at radius 1 is 1.16 bits per heavy atom. The molecule has 168 valence electrons. The van der Waals surface area contributed by atoms with Gasteiger partial charge in [-0.3, -0.25) is 9.59 Å². The maximum atomic E-state index is 12.2. The molecule has 1 aromatic heterocycles. The SMILES string of the molecule is Cc1nc(OCC(F)(F)F)ccc1CCNC(=O)C(=O)Nc1cccc(N[S+](C)[O-])c1. The molecule has 0 fully saturated rings. The number of aromatic nitrogens is 1. The number of carbonyl (C=O) groups is 2. The van der Waals surface area contributed by atoms with Crippen molar-refractivity contribution in [1.82, 2.24) is 10.3 Å². The molecule has 1 aromatic carbocycles. The molecule has 1 atom stereocenters. The molecule has 31 heavy (non-hydrogen) atoms. The molecule has 2 aromatic rings. The number of carbonyl (C=O) groups excluding carboxylic acids is 2. The van der Waals surface area contributed by atoms with Crippen molar-refractivity contribution in [3.05, 3.63) is 47.7 Å². The lowest BCUT2D eigenvalue weighted by molar-refractivity contribution is -0.154. The van der Waals surface area contributed by atoms with Crippen molar-refractivity contribution in [3.63, 3.8) is 0 Å². The van der Waals surface area contributed by atoms with Gasteiger partial charge in [-0.05, 0) is 37.1 Å². The van der Waals surface area contributed by atoms with Gasteiger partial charge in [-0.15, -0.1) is 0 Å². The number of benzene rings is 1. The summed E-state index contributed by atoms with van der Waals surface area (Å²) in [5.74, 6) is -1.88. The third-order valence-electron chi connectivity index (χ3n) is 3.82. The van der Waals surface area contributed by atoms with Crippen molar-refractivity contribution in [1.29, 1.82) is 0 Å². The topological polar surface area (TPSA) is 115 Å². The van der Waals surface area contributed by atoms with E-state index in [9.17, 15) is 27.3 Å².